The maximum absolute atomic E-state index is 9.03. The fourth-order valence-corrected chi connectivity index (χ4v) is 2.20. The second-order valence-electron chi connectivity index (χ2n) is 3.58. The third-order valence-electron chi connectivity index (χ3n) is 2.24. The van der Waals surface area contributed by atoms with Crippen molar-refractivity contribution in [3.05, 3.63) is 57.0 Å². The molecule has 0 bridgehead atoms. The van der Waals surface area contributed by atoms with Gasteiger partial charge in [-0.25, -0.2) is 0 Å². The third kappa shape index (κ3) is 3.08. The molecule has 18 heavy (non-hydrogen) atoms. The lowest BCUT2D eigenvalue weighted by molar-refractivity contribution is 1.46. The highest BCUT2D eigenvalue weighted by Gasteiger charge is 2.04. The molecule has 90 valence electrons. The highest BCUT2D eigenvalue weighted by molar-refractivity contribution is 6.35. The van der Waals surface area contributed by atoms with Crippen molar-refractivity contribution < 1.29 is 0 Å². The summed E-state index contributed by atoms with van der Waals surface area (Å²) in [6.07, 6.45) is 0. The number of nitrogens with zero attached hydrogens (tertiary/aromatic N) is 1. The first kappa shape index (κ1) is 13.0. The van der Waals surface area contributed by atoms with Gasteiger partial charge in [0, 0.05) is 20.8 Å². The first-order chi connectivity index (χ1) is 8.58. The molecule has 0 atom stereocenters. The summed E-state index contributed by atoms with van der Waals surface area (Å²) in [6, 6.07) is 12.2. The minimum Gasteiger partial charge on any atom is -0.354 e. The van der Waals surface area contributed by atoms with Crippen LogP contribution in [0.3, 0.4) is 0 Å². The predicted octanol–water partition coefficient (Wildman–Crippen LogP) is 5.26. The molecule has 5 heteroatoms. The van der Waals surface area contributed by atoms with Gasteiger partial charge in [0.2, 0.25) is 0 Å². The van der Waals surface area contributed by atoms with Gasteiger partial charge < -0.3 is 5.32 Å². The summed E-state index contributed by atoms with van der Waals surface area (Å²) in [7, 11) is 0. The Morgan fingerprint density at radius 2 is 1.56 bits per heavy atom. The lowest BCUT2D eigenvalue weighted by atomic mass is 10.2. The van der Waals surface area contributed by atoms with Gasteiger partial charge in [0.1, 0.15) is 6.07 Å². The van der Waals surface area contributed by atoms with Gasteiger partial charge in [-0.05, 0) is 36.4 Å². The van der Waals surface area contributed by atoms with Crippen molar-refractivity contribution in [2.24, 2.45) is 0 Å². The average Bonchev–Trinajstić information content (AvgIpc) is 2.30. The number of halogens is 3. The molecule has 0 amide bonds. The van der Waals surface area contributed by atoms with Gasteiger partial charge in [0.05, 0.1) is 11.3 Å². The van der Waals surface area contributed by atoms with Crippen LogP contribution in [-0.4, -0.2) is 0 Å². The van der Waals surface area contributed by atoms with Crippen LogP contribution in [0.2, 0.25) is 15.1 Å². The summed E-state index contributed by atoms with van der Waals surface area (Å²) in [5.41, 5.74) is 1.82. The van der Waals surface area contributed by atoms with Gasteiger partial charge in [0.15, 0.2) is 0 Å². The Morgan fingerprint density at radius 3 is 2.17 bits per heavy atom. The molecule has 0 unspecified atom stereocenters. The summed E-state index contributed by atoms with van der Waals surface area (Å²) in [6.45, 7) is 0. The van der Waals surface area contributed by atoms with Crippen molar-refractivity contribution in [1.29, 1.82) is 5.26 Å². The zero-order chi connectivity index (χ0) is 13.1. The highest BCUT2D eigenvalue weighted by atomic mass is 35.5. The van der Waals surface area contributed by atoms with E-state index >= 15 is 0 Å². The fourth-order valence-electron chi connectivity index (χ4n) is 1.50. The van der Waals surface area contributed by atoms with Crippen molar-refractivity contribution >= 4 is 46.2 Å². The third-order valence-corrected chi connectivity index (χ3v) is 2.92. The molecule has 2 aromatic carbocycles. The molecule has 2 aromatic rings. The topological polar surface area (TPSA) is 35.8 Å². The quantitative estimate of drug-likeness (QED) is 0.820. The van der Waals surface area contributed by atoms with Crippen LogP contribution in [0.25, 0.3) is 0 Å². The van der Waals surface area contributed by atoms with Crippen LogP contribution in [0.5, 0.6) is 0 Å². The Hall–Kier alpha value is -1.40. The molecule has 1 N–H and O–H groups in total. The number of rotatable bonds is 2. The summed E-state index contributed by atoms with van der Waals surface area (Å²) in [5.74, 6) is 0. The zero-order valence-corrected chi connectivity index (χ0v) is 11.3. The summed E-state index contributed by atoms with van der Waals surface area (Å²) in [5, 5.41) is 13.7. The molecule has 0 aromatic heterocycles. The summed E-state index contributed by atoms with van der Waals surface area (Å²) < 4.78 is 0. The van der Waals surface area contributed by atoms with Crippen molar-refractivity contribution in [2.45, 2.75) is 0 Å². The van der Waals surface area contributed by atoms with Crippen LogP contribution in [0, 0.1) is 11.3 Å². The highest BCUT2D eigenvalue weighted by Crippen LogP contribution is 2.27. The standard InChI is InChI=1S/C13H7Cl3N2/c14-9-1-2-13(8(3-9)7-17)18-12-5-10(15)4-11(16)6-12/h1-6,18H. The van der Waals surface area contributed by atoms with Gasteiger partial charge >= 0.3 is 0 Å². The largest absolute Gasteiger partial charge is 0.354 e. The molecule has 0 aliphatic carbocycles. The first-order valence-electron chi connectivity index (χ1n) is 5.01. The van der Waals surface area contributed by atoms with Gasteiger partial charge in [-0.1, -0.05) is 34.8 Å². The van der Waals surface area contributed by atoms with E-state index < -0.39 is 0 Å². The maximum atomic E-state index is 9.03. The number of hydrogen-bond acceptors (Lipinski definition) is 2. The normalized spacial score (nSPS) is 9.89. The molecule has 0 aliphatic rings. The molecule has 0 radical (unpaired) electrons. The average molecular weight is 298 g/mol. The maximum Gasteiger partial charge on any atom is 0.101 e. The van der Waals surface area contributed by atoms with Crippen molar-refractivity contribution in [3.8, 4) is 6.07 Å². The molecular weight excluding hydrogens is 291 g/mol. The van der Waals surface area contributed by atoms with E-state index in [1.165, 1.54) is 0 Å². The van der Waals surface area contributed by atoms with Crippen molar-refractivity contribution in [1.82, 2.24) is 0 Å². The van der Waals surface area contributed by atoms with E-state index in [1.54, 1.807) is 36.4 Å². The van der Waals surface area contributed by atoms with E-state index in [4.69, 9.17) is 40.1 Å². The van der Waals surface area contributed by atoms with E-state index in [1.807, 2.05) is 0 Å². The monoisotopic (exact) mass is 296 g/mol. The van der Waals surface area contributed by atoms with Crippen LogP contribution < -0.4 is 5.32 Å². The number of benzene rings is 2. The molecule has 0 saturated heterocycles. The van der Waals surface area contributed by atoms with E-state index in [0.717, 1.165) is 0 Å². The smallest absolute Gasteiger partial charge is 0.101 e. The Balaban J connectivity index is 2.37. The predicted molar refractivity (Wildman–Crippen MR) is 75.9 cm³/mol. The van der Waals surface area contributed by atoms with Gasteiger partial charge in [0.25, 0.3) is 0 Å². The minimum absolute atomic E-state index is 0.457. The number of nitriles is 1. The second-order valence-corrected chi connectivity index (χ2v) is 4.89. The number of hydrogen-bond donors (Lipinski definition) is 1. The number of anilines is 2. The van der Waals surface area contributed by atoms with E-state index in [9.17, 15) is 0 Å². The summed E-state index contributed by atoms with van der Waals surface area (Å²) >= 11 is 17.6. The van der Waals surface area contributed by atoms with Crippen molar-refractivity contribution in [3.63, 3.8) is 0 Å². The molecule has 2 rings (SSSR count). The Morgan fingerprint density at radius 1 is 0.889 bits per heavy atom. The Labute approximate surface area is 120 Å². The molecule has 0 heterocycles. The lowest BCUT2D eigenvalue weighted by Crippen LogP contribution is -1.93. The van der Waals surface area contributed by atoms with Crippen LogP contribution in [0.4, 0.5) is 11.4 Å². The second kappa shape index (κ2) is 5.49. The molecule has 0 fully saturated rings. The van der Waals surface area contributed by atoms with E-state index in [0.29, 0.717) is 32.0 Å². The van der Waals surface area contributed by atoms with E-state index in [2.05, 4.69) is 11.4 Å². The van der Waals surface area contributed by atoms with Crippen LogP contribution in [-0.2, 0) is 0 Å². The molecular formula is C13H7Cl3N2. The Bertz CT molecular complexity index is 612. The number of nitrogens with one attached hydrogen (secondary N) is 1. The molecule has 2 nitrogen and oxygen atoms in total. The van der Waals surface area contributed by atoms with Gasteiger partial charge in [-0.3, -0.25) is 0 Å². The molecule has 0 saturated carbocycles. The first-order valence-corrected chi connectivity index (χ1v) is 6.14. The SMILES string of the molecule is N#Cc1cc(Cl)ccc1Nc1cc(Cl)cc(Cl)c1. The minimum atomic E-state index is 0.457. The van der Waals surface area contributed by atoms with Crippen LogP contribution in [0.15, 0.2) is 36.4 Å². The lowest BCUT2D eigenvalue weighted by Gasteiger charge is -2.09. The summed E-state index contributed by atoms with van der Waals surface area (Å²) in [4.78, 5) is 0. The van der Waals surface area contributed by atoms with E-state index in [-0.39, 0.29) is 0 Å². The van der Waals surface area contributed by atoms with Crippen molar-refractivity contribution in [2.75, 3.05) is 5.32 Å². The Kier molecular flexibility index (Phi) is 3.98. The molecule has 0 aliphatic heterocycles. The van der Waals surface area contributed by atoms with Crippen LogP contribution in [0.1, 0.15) is 5.56 Å². The zero-order valence-electron chi connectivity index (χ0n) is 9.05. The van der Waals surface area contributed by atoms with Gasteiger partial charge in [-0.2, -0.15) is 5.26 Å². The van der Waals surface area contributed by atoms with Gasteiger partial charge in [-0.15, -0.1) is 0 Å². The fraction of sp³-hybridized carbons (Fsp3) is 0. The van der Waals surface area contributed by atoms with Crippen LogP contribution >= 0.6 is 34.8 Å². The molecule has 0 spiro atoms.